The van der Waals surface area contributed by atoms with Crippen LogP contribution < -0.4 is 30.5 Å². The summed E-state index contributed by atoms with van der Waals surface area (Å²) in [6.45, 7) is 0. The number of anilines is 1. The van der Waals surface area contributed by atoms with E-state index in [0.29, 0.717) is 20.6 Å². The van der Waals surface area contributed by atoms with Gasteiger partial charge in [-0.25, -0.2) is 4.79 Å². The molecule has 1 atom stereocenters. The molecule has 0 spiro atoms. The van der Waals surface area contributed by atoms with Crippen molar-refractivity contribution in [2.75, 3.05) is 19.5 Å². The van der Waals surface area contributed by atoms with Crippen molar-refractivity contribution < 1.29 is 19.1 Å². The Morgan fingerprint density at radius 2 is 1.76 bits per heavy atom. The van der Waals surface area contributed by atoms with Gasteiger partial charge in [-0.05, 0) is 53.2 Å². The minimum Gasteiger partial charge on any atom is -0.497 e. The van der Waals surface area contributed by atoms with Crippen molar-refractivity contribution in [3.05, 3.63) is 94.2 Å². The fourth-order valence-corrected chi connectivity index (χ4v) is 6.83. The van der Waals surface area contributed by atoms with Crippen molar-refractivity contribution in [3.8, 4) is 5.75 Å². The van der Waals surface area contributed by atoms with Gasteiger partial charge in [0, 0.05) is 15.4 Å². The van der Waals surface area contributed by atoms with Gasteiger partial charge < -0.3 is 20.5 Å². The van der Waals surface area contributed by atoms with Crippen LogP contribution in [0.5, 0.6) is 5.75 Å². The number of methoxy groups -OCH3 is 2. The van der Waals surface area contributed by atoms with Crippen LogP contribution >= 0.6 is 34.0 Å². The molecule has 3 N–H and O–H groups in total. The van der Waals surface area contributed by atoms with Crippen LogP contribution in [0.2, 0.25) is 0 Å². The summed E-state index contributed by atoms with van der Waals surface area (Å²) < 4.78 is 12.3. The van der Waals surface area contributed by atoms with Gasteiger partial charge in [0.25, 0.3) is 11.5 Å². The van der Waals surface area contributed by atoms with E-state index in [2.05, 4.69) is 5.32 Å². The molecule has 3 aromatic heterocycles. The van der Waals surface area contributed by atoms with Gasteiger partial charge in [0.05, 0.1) is 35.8 Å². The number of hydrogen-bond donors (Lipinski definition) is 2. The average Bonchev–Trinajstić information content (AvgIpc) is 3.67. The van der Waals surface area contributed by atoms with Gasteiger partial charge >= 0.3 is 5.97 Å². The Morgan fingerprint density at radius 3 is 2.38 bits per heavy atom. The summed E-state index contributed by atoms with van der Waals surface area (Å²) in [7, 11) is 2.80. The molecular formula is C26H21N3O5S3. The van der Waals surface area contributed by atoms with Crippen molar-refractivity contribution in [3.63, 3.8) is 0 Å². The summed E-state index contributed by atoms with van der Waals surface area (Å²) in [5.41, 5.74) is 6.88. The molecule has 4 aromatic rings. The summed E-state index contributed by atoms with van der Waals surface area (Å²) in [5, 5.41) is 6.67. The molecular weight excluding hydrogens is 531 g/mol. The smallest absolute Gasteiger partial charge is 0.338 e. The van der Waals surface area contributed by atoms with Crippen LogP contribution in [0, 0.1) is 0 Å². The van der Waals surface area contributed by atoms with Crippen LogP contribution in [0.4, 0.5) is 5.69 Å². The van der Waals surface area contributed by atoms with Gasteiger partial charge in [0.1, 0.15) is 16.2 Å². The third-order valence-corrected chi connectivity index (χ3v) is 8.65. The van der Waals surface area contributed by atoms with E-state index in [1.165, 1.54) is 34.4 Å². The molecule has 1 aliphatic heterocycles. The number of rotatable bonds is 6. The number of esters is 1. The van der Waals surface area contributed by atoms with E-state index in [4.69, 9.17) is 15.2 Å². The maximum Gasteiger partial charge on any atom is 0.338 e. The Morgan fingerprint density at radius 1 is 1.03 bits per heavy atom. The number of thiazole rings is 1. The number of nitrogens with two attached hydrogens (primary N) is 1. The zero-order valence-corrected chi connectivity index (χ0v) is 22.2. The van der Waals surface area contributed by atoms with Crippen molar-refractivity contribution in [1.29, 1.82) is 0 Å². The normalized spacial score (nSPS) is 15.5. The number of nitrogens with zero attached hydrogens (tertiary/aromatic N) is 1. The number of hydrogen-bond acceptors (Lipinski definition) is 9. The molecule has 188 valence electrons. The first-order chi connectivity index (χ1) is 17.9. The summed E-state index contributed by atoms with van der Waals surface area (Å²) in [4.78, 5) is 42.0. The number of aromatic nitrogens is 1. The first kappa shape index (κ1) is 24.8. The lowest BCUT2D eigenvalue weighted by molar-refractivity contribution is -0.136. The first-order valence-electron chi connectivity index (χ1n) is 11.0. The Labute approximate surface area is 223 Å². The summed E-state index contributed by atoms with van der Waals surface area (Å²) in [6.07, 6.45) is 1.76. The fraction of sp³-hybridized carbons (Fsp3) is 0.115. The molecule has 1 aromatic carbocycles. The highest BCUT2D eigenvalue weighted by atomic mass is 32.1. The SMILES string of the molecule is COC(=O)C1=C(N)n2c(s/c(=C/c3cccs3)c2=O)=C(C(=O)Nc2ccc(OC)cc2)C1c1cccs1. The van der Waals surface area contributed by atoms with Crippen LogP contribution in [0.1, 0.15) is 15.7 Å². The van der Waals surface area contributed by atoms with Gasteiger partial charge in [-0.2, -0.15) is 0 Å². The maximum absolute atomic E-state index is 13.9. The van der Waals surface area contributed by atoms with Crippen molar-refractivity contribution >= 4 is 69.0 Å². The molecule has 1 unspecified atom stereocenters. The summed E-state index contributed by atoms with van der Waals surface area (Å²) in [5.74, 6) is -1.40. The molecule has 0 saturated carbocycles. The molecule has 0 saturated heterocycles. The van der Waals surface area contributed by atoms with Gasteiger partial charge in [0.2, 0.25) is 0 Å². The number of carbonyl (C=O) groups excluding carboxylic acids is 2. The van der Waals surface area contributed by atoms with Crippen molar-refractivity contribution in [2.24, 2.45) is 5.73 Å². The second-order valence-electron chi connectivity index (χ2n) is 7.91. The Balaban J connectivity index is 1.78. The average molecular weight is 552 g/mol. The van der Waals surface area contributed by atoms with Crippen LogP contribution in [-0.2, 0) is 14.3 Å². The second kappa shape index (κ2) is 10.2. The standard InChI is InChI=1S/C26H21N3O5S3/c1-33-15-9-7-14(8-10-15)28-23(30)21-19(17-6-4-12-36-17)20(26(32)34-2)22(27)29-24(31)18(37-25(21)29)13-16-5-3-11-35-16/h3-13,19H,27H2,1-2H3,(H,28,30)/b18-13+. The second-order valence-corrected chi connectivity index (χ2v) is 10.9. The Bertz CT molecular complexity index is 1680. The quantitative estimate of drug-likeness (QED) is 0.357. The summed E-state index contributed by atoms with van der Waals surface area (Å²) >= 11 is 4.03. The molecule has 0 fully saturated rings. The number of amides is 1. The van der Waals surface area contributed by atoms with E-state index < -0.39 is 23.4 Å². The molecule has 5 rings (SSSR count). The number of ether oxygens (including phenoxy) is 2. The zero-order chi connectivity index (χ0) is 26.1. The molecule has 1 amide bonds. The third kappa shape index (κ3) is 4.52. The number of nitrogens with one attached hydrogen (secondary N) is 1. The Kier molecular flexibility index (Phi) is 6.83. The largest absolute Gasteiger partial charge is 0.497 e. The minimum absolute atomic E-state index is 0.0416. The lowest BCUT2D eigenvalue weighted by Crippen LogP contribution is -2.42. The minimum atomic E-state index is -0.821. The van der Waals surface area contributed by atoms with Crippen LogP contribution in [0.15, 0.2) is 69.7 Å². The third-order valence-electron chi connectivity index (χ3n) is 5.79. The molecule has 8 nitrogen and oxygen atoms in total. The van der Waals surface area contributed by atoms with Crippen molar-refractivity contribution in [1.82, 2.24) is 4.57 Å². The number of benzene rings is 1. The molecule has 1 aliphatic rings. The Hall–Kier alpha value is -3.93. The molecule has 11 heteroatoms. The van der Waals surface area contributed by atoms with Crippen LogP contribution in [-0.4, -0.2) is 30.7 Å². The molecule has 0 aliphatic carbocycles. The van der Waals surface area contributed by atoms with E-state index in [1.807, 2.05) is 35.0 Å². The van der Waals surface area contributed by atoms with Crippen LogP contribution in [0.25, 0.3) is 17.5 Å². The number of carbonyl (C=O) groups is 2. The maximum atomic E-state index is 13.9. The molecule has 4 heterocycles. The molecule has 0 bridgehead atoms. The highest BCUT2D eigenvalue weighted by Crippen LogP contribution is 2.39. The monoisotopic (exact) mass is 551 g/mol. The topological polar surface area (TPSA) is 113 Å². The molecule has 37 heavy (non-hydrogen) atoms. The summed E-state index contributed by atoms with van der Waals surface area (Å²) in [6, 6.07) is 14.3. The molecule has 0 radical (unpaired) electrons. The van der Waals surface area contributed by atoms with E-state index in [1.54, 1.807) is 37.5 Å². The lowest BCUT2D eigenvalue weighted by Gasteiger charge is -2.26. The zero-order valence-electron chi connectivity index (χ0n) is 19.7. The number of thiophene rings is 2. The lowest BCUT2D eigenvalue weighted by atomic mass is 9.87. The van der Waals surface area contributed by atoms with Gasteiger partial charge in [-0.3, -0.25) is 14.2 Å². The van der Waals surface area contributed by atoms with E-state index in [9.17, 15) is 14.4 Å². The van der Waals surface area contributed by atoms with Crippen molar-refractivity contribution in [2.45, 2.75) is 5.92 Å². The van der Waals surface area contributed by atoms with Gasteiger partial charge in [-0.15, -0.1) is 34.0 Å². The van der Waals surface area contributed by atoms with E-state index >= 15 is 0 Å². The van der Waals surface area contributed by atoms with E-state index in [0.717, 1.165) is 21.1 Å². The highest BCUT2D eigenvalue weighted by Gasteiger charge is 2.39. The highest BCUT2D eigenvalue weighted by molar-refractivity contribution is 7.11. The van der Waals surface area contributed by atoms with Crippen LogP contribution in [0.3, 0.4) is 0 Å². The van der Waals surface area contributed by atoms with E-state index in [-0.39, 0.29) is 17.0 Å². The predicted molar refractivity (Wildman–Crippen MR) is 147 cm³/mol. The first-order valence-corrected chi connectivity index (χ1v) is 13.6. The fourth-order valence-electron chi connectivity index (χ4n) is 4.09. The van der Waals surface area contributed by atoms with Gasteiger partial charge in [-0.1, -0.05) is 12.1 Å². The van der Waals surface area contributed by atoms with Gasteiger partial charge in [0.15, 0.2) is 0 Å². The number of fused-ring (bicyclic) bond motifs is 1. The predicted octanol–water partition coefficient (Wildman–Crippen LogP) is 2.76.